The van der Waals surface area contributed by atoms with Crippen LogP contribution in [0.1, 0.15) is 23.2 Å². The van der Waals surface area contributed by atoms with Gasteiger partial charge in [0.2, 0.25) is 11.8 Å². The molecule has 0 bridgehead atoms. The molecule has 1 aliphatic heterocycles. The number of anilines is 1. The highest BCUT2D eigenvalue weighted by Crippen LogP contribution is 2.17. The number of nitrogens with one attached hydrogen (secondary N) is 1. The molecule has 7 nitrogen and oxygen atoms in total. The summed E-state index contributed by atoms with van der Waals surface area (Å²) in [6.45, 7) is 0.791. The molecule has 124 valence electrons. The summed E-state index contributed by atoms with van der Waals surface area (Å²) in [5.41, 5.74) is 6.40. The van der Waals surface area contributed by atoms with Gasteiger partial charge in [-0.25, -0.2) is 0 Å². The van der Waals surface area contributed by atoms with E-state index in [1.807, 2.05) is 0 Å². The molecular weight excluding hydrogens is 296 g/mol. The average molecular weight is 318 g/mol. The van der Waals surface area contributed by atoms with Gasteiger partial charge in [-0.1, -0.05) is 6.07 Å². The zero-order valence-electron chi connectivity index (χ0n) is 13.4. The first-order valence-electron chi connectivity index (χ1n) is 7.53. The molecule has 0 saturated carbocycles. The summed E-state index contributed by atoms with van der Waals surface area (Å²) in [5, 5.41) is 2.76. The van der Waals surface area contributed by atoms with E-state index in [1.54, 1.807) is 43.3 Å². The van der Waals surface area contributed by atoms with E-state index in [1.165, 1.54) is 4.90 Å². The second kappa shape index (κ2) is 7.23. The number of hydrogen-bond donors (Lipinski definition) is 2. The number of hydrogen-bond acceptors (Lipinski definition) is 4. The van der Waals surface area contributed by atoms with Gasteiger partial charge in [0.1, 0.15) is 0 Å². The average Bonchev–Trinajstić information content (AvgIpc) is 2.94. The van der Waals surface area contributed by atoms with Gasteiger partial charge in [-0.3, -0.25) is 19.3 Å². The van der Waals surface area contributed by atoms with Gasteiger partial charge in [-0.2, -0.15) is 0 Å². The van der Waals surface area contributed by atoms with Crippen LogP contribution in [0.4, 0.5) is 5.69 Å². The van der Waals surface area contributed by atoms with Crippen LogP contribution in [0.2, 0.25) is 0 Å². The van der Waals surface area contributed by atoms with Crippen molar-refractivity contribution in [1.82, 2.24) is 9.80 Å². The fraction of sp³-hybridized carbons (Fsp3) is 0.438. The monoisotopic (exact) mass is 318 g/mol. The van der Waals surface area contributed by atoms with Gasteiger partial charge >= 0.3 is 0 Å². The largest absolute Gasteiger partial charge is 0.368 e. The topological polar surface area (TPSA) is 95.7 Å². The van der Waals surface area contributed by atoms with E-state index in [-0.39, 0.29) is 24.4 Å². The number of nitrogens with zero attached hydrogens (tertiary/aromatic N) is 2. The van der Waals surface area contributed by atoms with Crippen molar-refractivity contribution in [3.05, 3.63) is 29.8 Å². The summed E-state index contributed by atoms with van der Waals surface area (Å²) in [6.07, 6.45) is 1.54. The quantitative estimate of drug-likeness (QED) is 0.815. The molecular formula is C16H22N4O3. The lowest BCUT2D eigenvalue weighted by Crippen LogP contribution is -2.43. The van der Waals surface area contributed by atoms with Crippen LogP contribution in [0.5, 0.6) is 0 Å². The number of primary amides is 1. The number of carbonyl (C=O) groups is 3. The normalized spacial score (nSPS) is 17.7. The molecule has 1 atom stereocenters. The van der Waals surface area contributed by atoms with Crippen molar-refractivity contribution in [2.45, 2.75) is 18.9 Å². The number of carbonyl (C=O) groups excluding carboxylic acids is 3. The molecule has 1 aliphatic rings. The highest BCUT2D eigenvalue weighted by atomic mass is 16.2. The number of rotatable bonds is 5. The van der Waals surface area contributed by atoms with E-state index >= 15 is 0 Å². The Morgan fingerprint density at radius 2 is 2.09 bits per heavy atom. The summed E-state index contributed by atoms with van der Waals surface area (Å²) >= 11 is 0. The predicted octanol–water partition coefficient (Wildman–Crippen LogP) is 0.277. The third kappa shape index (κ3) is 4.29. The highest BCUT2D eigenvalue weighted by Gasteiger charge is 2.30. The van der Waals surface area contributed by atoms with E-state index in [9.17, 15) is 14.4 Å². The Bertz CT molecular complexity index is 615. The maximum atomic E-state index is 12.2. The van der Waals surface area contributed by atoms with Crippen LogP contribution in [-0.2, 0) is 9.59 Å². The molecule has 1 fully saturated rings. The van der Waals surface area contributed by atoms with Crippen molar-refractivity contribution in [1.29, 1.82) is 0 Å². The Morgan fingerprint density at radius 3 is 2.74 bits per heavy atom. The Hall–Kier alpha value is -2.41. The molecule has 0 spiro atoms. The van der Waals surface area contributed by atoms with Gasteiger partial charge in [0.15, 0.2) is 0 Å². The summed E-state index contributed by atoms with van der Waals surface area (Å²) in [5.74, 6) is -0.754. The molecule has 2 rings (SSSR count). The van der Waals surface area contributed by atoms with Gasteiger partial charge < -0.3 is 16.0 Å². The van der Waals surface area contributed by atoms with Crippen molar-refractivity contribution in [2.75, 3.05) is 32.5 Å². The maximum absolute atomic E-state index is 12.2. The molecule has 1 heterocycles. The fourth-order valence-corrected chi connectivity index (χ4v) is 2.71. The summed E-state index contributed by atoms with van der Waals surface area (Å²) in [4.78, 5) is 38.7. The molecule has 23 heavy (non-hydrogen) atoms. The van der Waals surface area contributed by atoms with Gasteiger partial charge in [0.25, 0.3) is 5.91 Å². The summed E-state index contributed by atoms with van der Waals surface area (Å²) in [7, 11) is 3.34. The zero-order valence-corrected chi connectivity index (χ0v) is 13.4. The van der Waals surface area contributed by atoms with E-state index < -0.39 is 5.91 Å². The van der Waals surface area contributed by atoms with Gasteiger partial charge in [0, 0.05) is 25.3 Å². The van der Waals surface area contributed by atoms with Crippen LogP contribution in [0.3, 0.4) is 0 Å². The van der Waals surface area contributed by atoms with Crippen LogP contribution < -0.4 is 11.1 Å². The molecule has 0 aromatic heterocycles. The predicted molar refractivity (Wildman–Crippen MR) is 86.9 cm³/mol. The SMILES string of the molecule is CN(C)C(=O)c1cccc(NC(=O)CN2CCCC2C(N)=O)c1. The molecule has 1 aromatic carbocycles. The van der Waals surface area contributed by atoms with Crippen LogP contribution in [0, 0.1) is 0 Å². The molecule has 3 N–H and O–H groups in total. The number of amides is 3. The summed E-state index contributed by atoms with van der Waals surface area (Å²) in [6, 6.07) is 6.40. The van der Waals surface area contributed by atoms with Crippen molar-refractivity contribution in [3.63, 3.8) is 0 Å². The number of benzene rings is 1. The highest BCUT2D eigenvalue weighted by molar-refractivity contribution is 5.97. The third-order valence-electron chi connectivity index (χ3n) is 3.84. The van der Waals surface area contributed by atoms with Crippen molar-refractivity contribution in [2.24, 2.45) is 5.73 Å². The van der Waals surface area contributed by atoms with Crippen molar-refractivity contribution in [3.8, 4) is 0 Å². The maximum Gasteiger partial charge on any atom is 0.253 e. The van der Waals surface area contributed by atoms with E-state index in [4.69, 9.17) is 5.73 Å². The lowest BCUT2D eigenvalue weighted by atomic mass is 10.2. The molecule has 0 aliphatic carbocycles. The molecule has 1 aromatic rings. The van der Waals surface area contributed by atoms with Crippen LogP contribution >= 0.6 is 0 Å². The van der Waals surface area contributed by atoms with Gasteiger partial charge in [-0.15, -0.1) is 0 Å². The third-order valence-corrected chi connectivity index (χ3v) is 3.84. The van der Waals surface area contributed by atoms with Crippen LogP contribution in [0.15, 0.2) is 24.3 Å². The number of nitrogens with two attached hydrogens (primary N) is 1. The lowest BCUT2D eigenvalue weighted by Gasteiger charge is -2.21. The van der Waals surface area contributed by atoms with Gasteiger partial charge in [0.05, 0.1) is 12.6 Å². The standard InChI is InChI=1S/C16H22N4O3/c1-19(2)16(23)11-5-3-6-12(9-11)18-14(21)10-20-8-4-7-13(20)15(17)22/h3,5-6,9,13H,4,7-8,10H2,1-2H3,(H2,17,22)(H,18,21). The lowest BCUT2D eigenvalue weighted by molar-refractivity contribution is -0.123. The second-order valence-corrected chi connectivity index (χ2v) is 5.86. The fourth-order valence-electron chi connectivity index (χ4n) is 2.71. The first kappa shape index (κ1) is 17.0. The Labute approximate surface area is 135 Å². The zero-order chi connectivity index (χ0) is 17.0. The molecule has 7 heteroatoms. The smallest absolute Gasteiger partial charge is 0.253 e. The van der Waals surface area contributed by atoms with E-state index in [0.717, 1.165) is 6.42 Å². The minimum Gasteiger partial charge on any atom is -0.368 e. The molecule has 3 amide bonds. The second-order valence-electron chi connectivity index (χ2n) is 5.86. The minimum atomic E-state index is -0.395. The van der Waals surface area contributed by atoms with Crippen LogP contribution in [0.25, 0.3) is 0 Å². The summed E-state index contributed by atoms with van der Waals surface area (Å²) < 4.78 is 0. The first-order valence-corrected chi connectivity index (χ1v) is 7.53. The Morgan fingerprint density at radius 1 is 1.35 bits per heavy atom. The van der Waals surface area contributed by atoms with E-state index in [2.05, 4.69) is 5.32 Å². The number of likely N-dealkylation sites (tertiary alicyclic amines) is 1. The molecule has 1 unspecified atom stereocenters. The van der Waals surface area contributed by atoms with Gasteiger partial charge in [-0.05, 0) is 37.6 Å². The minimum absolute atomic E-state index is 0.111. The van der Waals surface area contributed by atoms with Crippen molar-refractivity contribution < 1.29 is 14.4 Å². The Balaban J connectivity index is 1.99. The molecule has 1 saturated heterocycles. The molecule has 0 radical (unpaired) electrons. The van der Waals surface area contributed by atoms with E-state index in [0.29, 0.717) is 24.2 Å². The first-order chi connectivity index (χ1) is 10.9. The Kier molecular flexibility index (Phi) is 5.33. The van der Waals surface area contributed by atoms with Crippen molar-refractivity contribution >= 4 is 23.4 Å². The van der Waals surface area contributed by atoms with Crippen LogP contribution in [-0.4, -0.2) is 60.7 Å².